The Morgan fingerprint density at radius 3 is 2.73 bits per heavy atom. The molecule has 0 bridgehead atoms. The number of fused-ring (bicyclic) bond motifs is 1. The van der Waals surface area contributed by atoms with Crippen molar-refractivity contribution in [3.05, 3.63) is 53.5 Å². The topological polar surface area (TPSA) is 77.2 Å². The molecule has 0 unspecified atom stereocenters. The van der Waals surface area contributed by atoms with Crippen molar-refractivity contribution >= 4 is 26.6 Å². The lowest BCUT2D eigenvalue weighted by molar-refractivity contribution is -0.130. The number of carbonyl (C=O) groups excluding carboxylic acids is 1. The third kappa shape index (κ3) is 4.01. The van der Waals surface area contributed by atoms with Crippen LogP contribution in [-0.4, -0.2) is 52.1 Å². The molecule has 4 rings (SSSR count). The van der Waals surface area contributed by atoms with Crippen LogP contribution < -0.4 is 0 Å². The van der Waals surface area contributed by atoms with Crippen LogP contribution in [-0.2, 0) is 27.7 Å². The summed E-state index contributed by atoms with van der Waals surface area (Å²) < 4.78 is 27.6. The second kappa shape index (κ2) is 7.91. The molecule has 3 aromatic rings. The van der Waals surface area contributed by atoms with Crippen molar-refractivity contribution in [2.45, 2.75) is 45.8 Å². The van der Waals surface area contributed by atoms with Gasteiger partial charge in [0.1, 0.15) is 0 Å². The maximum atomic E-state index is 12.8. The van der Waals surface area contributed by atoms with E-state index in [1.165, 1.54) is 5.39 Å². The van der Waals surface area contributed by atoms with Crippen molar-refractivity contribution in [3.63, 3.8) is 0 Å². The minimum absolute atomic E-state index is 0.0720. The SMILES string of the molecule is Cc1nn([C@H]2CCS(=O)(=O)C2)c(C)c1CN(C)C(=O)CCn1ccc2ccccc21. The van der Waals surface area contributed by atoms with Gasteiger partial charge >= 0.3 is 0 Å². The molecular weight excluding hydrogens is 400 g/mol. The number of hydrogen-bond acceptors (Lipinski definition) is 4. The van der Waals surface area contributed by atoms with Gasteiger partial charge in [-0.05, 0) is 37.8 Å². The first kappa shape index (κ1) is 20.7. The Balaban J connectivity index is 1.42. The van der Waals surface area contributed by atoms with Crippen LogP contribution in [0.4, 0.5) is 0 Å². The van der Waals surface area contributed by atoms with Gasteiger partial charge in [0.05, 0.1) is 23.2 Å². The second-order valence-corrected chi connectivity index (χ2v) is 10.4. The summed E-state index contributed by atoms with van der Waals surface area (Å²) in [5, 5.41) is 5.77. The number of carbonyl (C=O) groups is 1. The monoisotopic (exact) mass is 428 g/mol. The number of rotatable bonds is 6. The van der Waals surface area contributed by atoms with Gasteiger partial charge in [0.15, 0.2) is 9.84 Å². The first-order valence-corrected chi connectivity index (χ1v) is 12.1. The molecule has 8 heteroatoms. The lowest BCUT2D eigenvalue weighted by Gasteiger charge is -2.18. The minimum Gasteiger partial charge on any atom is -0.347 e. The van der Waals surface area contributed by atoms with Crippen LogP contribution in [0.5, 0.6) is 0 Å². The quantitative estimate of drug-likeness (QED) is 0.605. The fourth-order valence-electron chi connectivity index (χ4n) is 4.32. The fraction of sp³-hybridized carbons (Fsp3) is 0.455. The Morgan fingerprint density at radius 2 is 2.00 bits per heavy atom. The summed E-state index contributed by atoms with van der Waals surface area (Å²) in [5.74, 6) is 0.439. The summed E-state index contributed by atoms with van der Waals surface area (Å²) in [5.41, 5.74) is 3.94. The molecule has 160 valence electrons. The van der Waals surface area contributed by atoms with Crippen molar-refractivity contribution in [2.75, 3.05) is 18.6 Å². The molecule has 1 atom stereocenters. The van der Waals surface area contributed by atoms with Gasteiger partial charge in [-0.2, -0.15) is 5.10 Å². The van der Waals surface area contributed by atoms with Gasteiger partial charge in [0, 0.05) is 49.5 Å². The molecule has 1 saturated heterocycles. The van der Waals surface area contributed by atoms with E-state index in [1.54, 1.807) is 4.90 Å². The molecule has 1 aromatic carbocycles. The summed E-state index contributed by atoms with van der Waals surface area (Å²) in [4.78, 5) is 14.5. The van der Waals surface area contributed by atoms with Crippen molar-refractivity contribution < 1.29 is 13.2 Å². The maximum absolute atomic E-state index is 12.8. The van der Waals surface area contributed by atoms with Gasteiger partial charge in [0.2, 0.25) is 5.91 Å². The highest BCUT2D eigenvalue weighted by Gasteiger charge is 2.31. The van der Waals surface area contributed by atoms with Crippen molar-refractivity contribution in [3.8, 4) is 0 Å². The zero-order valence-corrected chi connectivity index (χ0v) is 18.5. The third-order valence-electron chi connectivity index (χ3n) is 6.10. The van der Waals surface area contributed by atoms with Crippen LogP contribution >= 0.6 is 0 Å². The molecule has 2 aromatic heterocycles. The molecule has 0 N–H and O–H groups in total. The standard InChI is InChI=1S/C22H28N4O3S/c1-16-20(17(2)26(23-16)19-10-13-30(28,29)15-19)14-24(3)22(27)9-12-25-11-8-18-6-4-5-7-21(18)25/h4-8,11,19H,9-10,12-15H2,1-3H3/t19-/m0/s1. The molecule has 0 spiro atoms. The Labute approximate surface area is 177 Å². The number of aromatic nitrogens is 3. The number of para-hydroxylation sites is 1. The molecule has 0 radical (unpaired) electrons. The Morgan fingerprint density at radius 1 is 1.23 bits per heavy atom. The smallest absolute Gasteiger partial charge is 0.224 e. The zero-order valence-electron chi connectivity index (χ0n) is 17.7. The van der Waals surface area contributed by atoms with E-state index in [2.05, 4.69) is 27.9 Å². The molecule has 3 heterocycles. The Kier molecular flexibility index (Phi) is 5.44. The van der Waals surface area contributed by atoms with E-state index in [9.17, 15) is 13.2 Å². The summed E-state index contributed by atoms with van der Waals surface area (Å²) in [6, 6.07) is 10.1. The van der Waals surface area contributed by atoms with Gasteiger partial charge in [0.25, 0.3) is 0 Å². The third-order valence-corrected chi connectivity index (χ3v) is 7.85. The number of benzene rings is 1. The average Bonchev–Trinajstić information content (AvgIpc) is 3.37. The van der Waals surface area contributed by atoms with Gasteiger partial charge in [-0.1, -0.05) is 18.2 Å². The summed E-state index contributed by atoms with van der Waals surface area (Å²) in [6.45, 7) is 4.99. The highest BCUT2D eigenvalue weighted by Crippen LogP contribution is 2.27. The van der Waals surface area contributed by atoms with Crippen LogP contribution in [0.25, 0.3) is 10.9 Å². The number of nitrogens with zero attached hydrogens (tertiary/aromatic N) is 4. The molecule has 1 aliphatic rings. The van der Waals surface area contributed by atoms with Crippen LogP contribution in [0, 0.1) is 13.8 Å². The van der Waals surface area contributed by atoms with E-state index < -0.39 is 9.84 Å². The zero-order chi connectivity index (χ0) is 21.5. The van der Waals surface area contributed by atoms with Crippen LogP contribution in [0.15, 0.2) is 36.5 Å². The lowest BCUT2D eigenvalue weighted by atomic mass is 10.1. The van der Waals surface area contributed by atoms with Crippen LogP contribution in [0.3, 0.4) is 0 Å². The van der Waals surface area contributed by atoms with Crippen LogP contribution in [0.1, 0.15) is 35.8 Å². The number of amides is 1. The van der Waals surface area contributed by atoms with E-state index in [1.807, 2.05) is 43.9 Å². The van der Waals surface area contributed by atoms with Crippen LogP contribution in [0.2, 0.25) is 0 Å². The number of sulfone groups is 1. The number of hydrogen-bond donors (Lipinski definition) is 0. The van der Waals surface area contributed by atoms with E-state index >= 15 is 0 Å². The molecule has 0 aliphatic carbocycles. The van der Waals surface area contributed by atoms with Gasteiger partial charge in [-0.3, -0.25) is 9.48 Å². The molecule has 0 saturated carbocycles. The van der Waals surface area contributed by atoms with E-state index in [0.29, 0.717) is 25.9 Å². The first-order valence-electron chi connectivity index (χ1n) is 10.3. The van der Waals surface area contributed by atoms with Gasteiger partial charge in [-0.25, -0.2) is 8.42 Å². The van der Waals surface area contributed by atoms with Crippen molar-refractivity contribution in [1.29, 1.82) is 0 Å². The van der Waals surface area contributed by atoms with Crippen molar-refractivity contribution in [1.82, 2.24) is 19.2 Å². The highest BCUT2D eigenvalue weighted by atomic mass is 32.2. The predicted molar refractivity (Wildman–Crippen MR) is 117 cm³/mol. The van der Waals surface area contributed by atoms with Gasteiger partial charge < -0.3 is 9.47 Å². The maximum Gasteiger partial charge on any atom is 0.224 e. The average molecular weight is 429 g/mol. The largest absolute Gasteiger partial charge is 0.347 e. The van der Waals surface area contributed by atoms with E-state index in [0.717, 1.165) is 22.5 Å². The molecular formula is C22H28N4O3S. The summed E-state index contributed by atoms with van der Waals surface area (Å²) >= 11 is 0. The fourth-order valence-corrected chi connectivity index (χ4v) is 6.01. The summed E-state index contributed by atoms with van der Waals surface area (Å²) in [6.07, 6.45) is 3.04. The molecule has 1 fully saturated rings. The normalized spacial score (nSPS) is 18.2. The summed E-state index contributed by atoms with van der Waals surface area (Å²) in [7, 11) is -1.16. The van der Waals surface area contributed by atoms with Gasteiger partial charge in [-0.15, -0.1) is 0 Å². The lowest BCUT2D eigenvalue weighted by Crippen LogP contribution is -2.27. The Bertz CT molecular complexity index is 1190. The Hall–Kier alpha value is -2.61. The minimum atomic E-state index is -2.97. The molecule has 7 nitrogen and oxygen atoms in total. The van der Waals surface area contributed by atoms with E-state index in [-0.39, 0.29) is 23.5 Å². The predicted octanol–water partition coefficient (Wildman–Crippen LogP) is 2.86. The highest BCUT2D eigenvalue weighted by molar-refractivity contribution is 7.91. The second-order valence-electron chi connectivity index (χ2n) is 8.22. The molecule has 1 aliphatic heterocycles. The van der Waals surface area contributed by atoms with E-state index in [4.69, 9.17) is 0 Å². The molecule has 1 amide bonds. The van der Waals surface area contributed by atoms with Crippen molar-refractivity contribution in [2.24, 2.45) is 0 Å². The first-order chi connectivity index (χ1) is 14.2. The number of aryl methyl sites for hydroxylation is 2. The molecule has 30 heavy (non-hydrogen) atoms.